The lowest BCUT2D eigenvalue weighted by Crippen LogP contribution is -2.30. The molecular weight excluding hydrogens is 371 g/mol. The molecule has 136 valence electrons. The molecule has 26 heavy (non-hydrogen) atoms. The maximum Gasteiger partial charge on any atom is 0.231 e. The van der Waals surface area contributed by atoms with Gasteiger partial charge in [0.1, 0.15) is 12.1 Å². The number of rotatable bonds is 7. The van der Waals surface area contributed by atoms with Crippen LogP contribution in [0, 0.1) is 5.82 Å². The Kier molecular flexibility index (Phi) is 6.05. The molecule has 1 atom stereocenters. The molecule has 0 saturated carbocycles. The first-order valence-electron chi connectivity index (χ1n) is 8.15. The Morgan fingerprint density at radius 2 is 2.08 bits per heavy atom. The summed E-state index contributed by atoms with van der Waals surface area (Å²) in [4.78, 5) is 13.5. The minimum atomic E-state index is -0.299. The van der Waals surface area contributed by atoms with E-state index in [9.17, 15) is 9.18 Å². The second-order valence-corrected chi connectivity index (χ2v) is 7.89. The zero-order chi connectivity index (χ0) is 18.5. The monoisotopic (exact) mass is 390 g/mol. The highest BCUT2D eigenvalue weighted by molar-refractivity contribution is 7.99. The van der Waals surface area contributed by atoms with E-state index in [0.717, 1.165) is 10.4 Å². The van der Waals surface area contributed by atoms with E-state index in [1.165, 1.54) is 23.9 Å². The lowest BCUT2D eigenvalue weighted by Gasteiger charge is -2.18. The summed E-state index contributed by atoms with van der Waals surface area (Å²) >= 11 is 2.90. The van der Waals surface area contributed by atoms with Crippen LogP contribution in [-0.2, 0) is 4.79 Å². The number of hydrogen-bond acceptors (Lipinski definition) is 5. The van der Waals surface area contributed by atoms with Gasteiger partial charge in [0.25, 0.3) is 0 Å². The lowest BCUT2D eigenvalue weighted by molar-refractivity contribution is -0.119. The molecule has 2 heterocycles. The fourth-order valence-corrected chi connectivity index (χ4v) is 4.11. The van der Waals surface area contributed by atoms with Crippen LogP contribution in [0.3, 0.4) is 0 Å². The molecule has 1 unspecified atom stereocenters. The van der Waals surface area contributed by atoms with Gasteiger partial charge in [-0.3, -0.25) is 4.79 Å². The minimum absolute atomic E-state index is 0.115. The molecule has 0 aliphatic carbocycles. The smallest absolute Gasteiger partial charge is 0.231 e. The summed E-state index contributed by atoms with van der Waals surface area (Å²) in [5.41, 5.74) is 0.845. The van der Waals surface area contributed by atoms with E-state index in [-0.39, 0.29) is 29.6 Å². The predicted octanol–water partition coefficient (Wildman–Crippen LogP) is 4.06. The zero-order valence-corrected chi connectivity index (χ0v) is 16.1. The number of halogens is 1. The Hall–Kier alpha value is -2.19. The van der Waals surface area contributed by atoms with Crippen LogP contribution in [-0.4, -0.2) is 26.4 Å². The van der Waals surface area contributed by atoms with Crippen molar-refractivity contribution in [1.29, 1.82) is 0 Å². The average Bonchev–Trinajstić information content (AvgIpc) is 3.30. The van der Waals surface area contributed by atoms with E-state index >= 15 is 0 Å². The number of thiophene rings is 1. The molecule has 3 aromatic rings. The molecule has 3 rings (SSSR count). The SMILES string of the molecule is CC(C)n1cnnc1SCC(=O)NC(c1ccc(F)cc1)c1cccs1. The third-order valence-corrected chi connectivity index (χ3v) is 5.66. The Bertz CT molecular complexity index is 846. The van der Waals surface area contributed by atoms with Crippen LogP contribution in [0.5, 0.6) is 0 Å². The van der Waals surface area contributed by atoms with Crippen LogP contribution >= 0.6 is 23.1 Å². The van der Waals surface area contributed by atoms with Crippen molar-refractivity contribution in [2.24, 2.45) is 0 Å². The molecule has 0 fully saturated rings. The highest BCUT2D eigenvalue weighted by Gasteiger charge is 2.19. The van der Waals surface area contributed by atoms with Gasteiger partial charge in [-0.1, -0.05) is 30.0 Å². The average molecular weight is 391 g/mol. The minimum Gasteiger partial charge on any atom is -0.344 e. The van der Waals surface area contributed by atoms with Crippen molar-refractivity contribution in [3.63, 3.8) is 0 Å². The molecule has 1 aromatic carbocycles. The second kappa shape index (κ2) is 8.46. The molecule has 1 amide bonds. The van der Waals surface area contributed by atoms with Gasteiger partial charge in [-0.05, 0) is 43.0 Å². The summed E-state index contributed by atoms with van der Waals surface area (Å²) in [6.07, 6.45) is 1.66. The van der Waals surface area contributed by atoms with Crippen LogP contribution in [0.15, 0.2) is 53.3 Å². The quantitative estimate of drug-likeness (QED) is 0.618. The summed E-state index contributed by atoms with van der Waals surface area (Å²) in [6, 6.07) is 10.0. The van der Waals surface area contributed by atoms with E-state index in [1.807, 2.05) is 35.9 Å². The molecule has 0 aliphatic rings. The number of aromatic nitrogens is 3. The Morgan fingerprint density at radius 1 is 1.31 bits per heavy atom. The molecule has 0 aliphatic heterocycles. The predicted molar refractivity (Wildman–Crippen MR) is 102 cm³/mol. The number of nitrogens with one attached hydrogen (secondary N) is 1. The van der Waals surface area contributed by atoms with Gasteiger partial charge in [0.05, 0.1) is 11.8 Å². The first-order valence-corrected chi connectivity index (χ1v) is 10.0. The molecular formula is C18H19FN4OS2. The summed E-state index contributed by atoms with van der Waals surface area (Å²) in [7, 11) is 0. The summed E-state index contributed by atoms with van der Waals surface area (Å²) in [5, 5.41) is 13.7. The van der Waals surface area contributed by atoms with Crippen molar-refractivity contribution < 1.29 is 9.18 Å². The van der Waals surface area contributed by atoms with E-state index in [2.05, 4.69) is 15.5 Å². The normalized spacial score (nSPS) is 12.3. The second-order valence-electron chi connectivity index (χ2n) is 5.97. The number of hydrogen-bond donors (Lipinski definition) is 1. The van der Waals surface area contributed by atoms with Crippen molar-refractivity contribution in [1.82, 2.24) is 20.1 Å². The molecule has 0 bridgehead atoms. The number of carbonyl (C=O) groups is 1. The summed E-state index contributed by atoms with van der Waals surface area (Å²) in [5.74, 6) is -0.182. The van der Waals surface area contributed by atoms with Crippen molar-refractivity contribution in [2.75, 3.05) is 5.75 Å². The fourth-order valence-electron chi connectivity index (χ4n) is 2.45. The highest BCUT2D eigenvalue weighted by atomic mass is 32.2. The van der Waals surface area contributed by atoms with Gasteiger partial charge in [0, 0.05) is 10.9 Å². The summed E-state index contributed by atoms with van der Waals surface area (Å²) in [6.45, 7) is 4.07. The molecule has 2 aromatic heterocycles. The fraction of sp³-hybridized carbons (Fsp3) is 0.278. The van der Waals surface area contributed by atoms with Crippen LogP contribution in [0.2, 0.25) is 0 Å². The van der Waals surface area contributed by atoms with E-state index in [0.29, 0.717) is 5.16 Å². The van der Waals surface area contributed by atoms with Gasteiger partial charge < -0.3 is 9.88 Å². The van der Waals surface area contributed by atoms with Gasteiger partial charge in [-0.15, -0.1) is 21.5 Å². The van der Waals surface area contributed by atoms with Crippen molar-refractivity contribution in [2.45, 2.75) is 31.1 Å². The van der Waals surface area contributed by atoms with Crippen molar-refractivity contribution in [3.05, 3.63) is 64.4 Å². The van der Waals surface area contributed by atoms with E-state index < -0.39 is 0 Å². The first-order chi connectivity index (χ1) is 12.5. The number of thioether (sulfide) groups is 1. The number of nitrogens with zero attached hydrogens (tertiary/aromatic N) is 3. The van der Waals surface area contributed by atoms with Gasteiger partial charge in [0.15, 0.2) is 5.16 Å². The third-order valence-electron chi connectivity index (χ3n) is 3.77. The van der Waals surface area contributed by atoms with Crippen LogP contribution < -0.4 is 5.32 Å². The van der Waals surface area contributed by atoms with Gasteiger partial charge in [-0.25, -0.2) is 4.39 Å². The van der Waals surface area contributed by atoms with E-state index in [1.54, 1.807) is 29.8 Å². The zero-order valence-electron chi connectivity index (χ0n) is 14.4. The van der Waals surface area contributed by atoms with Gasteiger partial charge >= 0.3 is 0 Å². The van der Waals surface area contributed by atoms with Gasteiger partial charge in [-0.2, -0.15) is 0 Å². The largest absolute Gasteiger partial charge is 0.344 e. The molecule has 0 radical (unpaired) electrons. The standard InChI is InChI=1S/C18H19FN4OS2/c1-12(2)23-11-20-22-18(23)26-10-16(24)21-17(15-4-3-9-25-15)13-5-7-14(19)8-6-13/h3-9,11-12,17H,10H2,1-2H3,(H,21,24). The molecule has 0 saturated heterocycles. The highest BCUT2D eigenvalue weighted by Crippen LogP contribution is 2.27. The first kappa shape index (κ1) is 18.6. The van der Waals surface area contributed by atoms with Crippen LogP contribution in [0.1, 0.15) is 36.4 Å². The maximum absolute atomic E-state index is 13.2. The van der Waals surface area contributed by atoms with Crippen molar-refractivity contribution in [3.8, 4) is 0 Å². The molecule has 8 heteroatoms. The van der Waals surface area contributed by atoms with Crippen LogP contribution in [0.25, 0.3) is 0 Å². The Morgan fingerprint density at radius 3 is 2.73 bits per heavy atom. The number of carbonyl (C=O) groups excluding carboxylic acids is 1. The third kappa shape index (κ3) is 4.50. The molecule has 5 nitrogen and oxygen atoms in total. The molecule has 0 spiro atoms. The Balaban J connectivity index is 1.69. The van der Waals surface area contributed by atoms with Crippen molar-refractivity contribution >= 4 is 29.0 Å². The lowest BCUT2D eigenvalue weighted by atomic mass is 10.1. The summed E-state index contributed by atoms with van der Waals surface area (Å²) < 4.78 is 15.2. The van der Waals surface area contributed by atoms with Gasteiger partial charge in [0.2, 0.25) is 5.91 Å². The van der Waals surface area contributed by atoms with E-state index in [4.69, 9.17) is 0 Å². The topological polar surface area (TPSA) is 59.8 Å². The Labute approximate surface area is 159 Å². The van der Waals surface area contributed by atoms with Crippen LogP contribution in [0.4, 0.5) is 4.39 Å². The maximum atomic E-state index is 13.2. The molecule has 1 N–H and O–H groups in total. The number of amides is 1. The number of benzene rings is 1.